The van der Waals surface area contributed by atoms with Crippen molar-refractivity contribution in [1.29, 1.82) is 0 Å². The number of rotatable bonds is 8. The minimum Gasteiger partial charge on any atom is -0.494 e. The quantitative estimate of drug-likeness (QED) is 0.518. The first-order valence-electron chi connectivity index (χ1n) is 9.85. The molecule has 0 N–H and O–H groups in total. The van der Waals surface area contributed by atoms with Gasteiger partial charge in [-0.3, -0.25) is 4.79 Å². The molecule has 3 heteroatoms. The van der Waals surface area contributed by atoms with Crippen molar-refractivity contribution < 1.29 is 9.53 Å². The number of likely N-dealkylation sites (tertiary alicyclic amines) is 1. The number of hydrogen-bond acceptors (Lipinski definition) is 3. The van der Waals surface area contributed by atoms with Gasteiger partial charge >= 0.3 is 0 Å². The van der Waals surface area contributed by atoms with E-state index in [2.05, 4.69) is 17.0 Å². The Balaban J connectivity index is 1.24. The van der Waals surface area contributed by atoms with Crippen LogP contribution in [0.1, 0.15) is 47.5 Å². The molecule has 4 rings (SSSR count). The van der Waals surface area contributed by atoms with Gasteiger partial charge in [0.15, 0.2) is 5.78 Å². The van der Waals surface area contributed by atoms with Gasteiger partial charge in [0.25, 0.3) is 0 Å². The molecule has 2 aromatic rings. The molecule has 1 saturated carbocycles. The van der Waals surface area contributed by atoms with E-state index in [4.69, 9.17) is 4.74 Å². The zero-order valence-electron chi connectivity index (χ0n) is 15.3. The van der Waals surface area contributed by atoms with E-state index < -0.39 is 0 Å². The predicted molar refractivity (Wildman–Crippen MR) is 104 cm³/mol. The summed E-state index contributed by atoms with van der Waals surface area (Å²) in [4.78, 5) is 15.2. The van der Waals surface area contributed by atoms with Gasteiger partial charge in [-0.2, -0.15) is 0 Å². The van der Waals surface area contributed by atoms with Crippen LogP contribution in [-0.4, -0.2) is 36.9 Å². The monoisotopic (exact) mass is 349 g/mol. The summed E-state index contributed by atoms with van der Waals surface area (Å²) in [5, 5.41) is 0. The molecule has 1 aliphatic carbocycles. The Morgan fingerprint density at radius 2 is 1.73 bits per heavy atom. The minimum absolute atomic E-state index is 0.143. The Morgan fingerprint density at radius 3 is 2.46 bits per heavy atom. The summed E-state index contributed by atoms with van der Waals surface area (Å²) in [6.45, 7) is 4.34. The highest BCUT2D eigenvalue weighted by atomic mass is 16.5. The van der Waals surface area contributed by atoms with Crippen LogP contribution >= 0.6 is 0 Å². The molecule has 2 aromatic carbocycles. The zero-order valence-corrected chi connectivity index (χ0v) is 15.3. The van der Waals surface area contributed by atoms with Crippen LogP contribution in [0.3, 0.4) is 0 Å². The molecule has 0 amide bonds. The topological polar surface area (TPSA) is 29.5 Å². The van der Waals surface area contributed by atoms with Crippen molar-refractivity contribution >= 4 is 5.78 Å². The van der Waals surface area contributed by atoms with Crippen LogP contribution < -0.4 is 4.74 Å². The third-order valence-corrected chi connectivity index (χ3v) is 5.58. The molecule has 1 heterocycles. The lowest BCUT2D eigenvalue weighted by Crippen LogP contribution is -2.21. The van der Waals surface area contributed by atoms with Gasteiger partial charge < -0.3 is 9.64 Å². The highest BCUT2D eigenvalue weighted by Crippen LogP contribution is 2.49. The fourth-order valence-corrected chi connectivity index (χ4v) is 3.97. The molecule has 26 heavy (non-hydrogen) atoms. The molecule has 0 unspecified atom stereocenters. The smallest absolute Gasteiger partial charge is 0.166 e. The standard InChI is InChI=1S/C23H27NO2/c25-23(22-17-21(22)18-7-2-1-3-8-18)19-9-11-20(12-10-19)26-16-6-15-24-13-4-5-14-24/h1-3,7-12,21-22H,4-6,13-17H2/t21-,22+/m0/s1. The molecular weight excluding hydrogens is 322 g/mol. The highest BCUT2D eigenvalue weighted by molar-refractivity contribution is 6.00. The SMILES string of the molecule is O=C(c1ccc(OCCCN2CCCC2)cc1)[C@@H]1C[C@H]1c1ccccc1. The summed E-state index contributed by atoms with van der Waals surface area (Å²) in [6, 6.07) is 18.1. The summed E-state index contributed by atoms with van der Waals surface area (Å²) >= 11 is 0. The van der Waals surface area contributed by atoms with Crippen LogP contribution in [0.5, 0.6) is 5.75 Å². The van der Waals surface area contributed by atoms with Gasteiger partial charge in [-0.25, -0.2) is 0 Å². The van der Waals surface area contributed by atoms with Crippen molar-refractivity contribution in [2.24, 2.45) is 5.92 Å². The lowest BCUT2D eigenvalue weighted by atomic mass is 10.0. The number of carbonyl (C=O) groups is 1. The summed E-state index contributed by atoms with van der Waals surface area (Å²) < 4.78 is 5.83. The summed E-state index contributed by atoms with van der Waals surface area (Å²) in [5.41, 5.74) is 2.08. The normalized spacial score (nSPS) is 22.3. The fourth-order valence-electron chi connectivity index (χ4n) is 3.97. The Bertz CT molecular complexity index is 720. The number of Topliss-reactive ketones (excluding diaryl/α,β-unsaturated/α-hetero) is 1. The fraction of sp³-hybridized carbons (Fsp3) is 0.435. The van der Waals surface area contributed by atoms with E-state index in [1.54, 1.807) is 0 Å². The van der Waals surface area contributed by atoms with Gasteiger partial charge in [-0.1, -0.05) is 30.3 Å². The maximum Gasteiger partial charge on any atom is 0.166 e. The molecule has 1 aliphatic heterocycles. The van der Waals surface area contributed by atoms with Crippen molar-refractivity contribution in [2.75, 3.05) is 26.2 Å². The van der Waals surface area contributed by atoms with Crippen molar-refractivity contribution in [3.05, 3.63) is 65.7 Å². The lowest BCUT2D eigenvalue weighted by molar-refractivity contribution is 0.0965. The van der Waals surface area contributed by atoms with Crippen molar-refractivity contribution in [3.63, 3.8) is 0 Å². The molecule has 1 saturated heterocycles. The van der Waals surface area contributed by atoms with Crippen LogP contribution in [0, 0.1) is 5.92 Å². The second kappa shape index (κ2) is 8.05. The van der Waals surface area contributed by atoms with Crippen molar-refractivity contribution in [1.82, 2.24) is 4.90 Å². The van der Waals surface area contributed by atoms with Gasteiger partial charge in [0.1, 0.15) is 5.75 Å². The van der Waals surface area contributed by atoms with Crippen molar-refractivity contribution in [2.45, 2.75) is 31.6 Å². The molecule has 0 spiro atoms. The van der Waals surface area contributed by atoms with E-state index >= 15 is 0 Å². The van der Waals surface area contributed by atoms with E-state index in [1.807, 2.05) is 42.5 Å². The molecule has 2 fully saturated rings. The lowest BCUT2D eigenvalue weighted by Gasteiger charge is -2.14. The van der Waals surface area contributed by atoms with Crippen LogP contribution in [0.4, 0.5) is 0 Å². The van der Waals surface area contributed by atoms with E-state index in [0.717, 1.165) is 37.3 Å². The predicted octanol–water partition coefficient (Wildman–Crippen LogP) is 4.54. The molecule has 3 nitrogen and oxygen atoms in total. The van der Waals surface area contributed by atoms with Crippen LogP contribution in [0.15, 0.2) is 54.6 Å². The zero-order chi connectivity index (χ0) is 17.8. The molecule has 2 aliphatic rings. The molecular formula is C23H27NO2. The van der Waals surface area contributed by atoms with Crippen LogP contribution in [-0.2, 0) is 0 Å². The van der Waals surface area contributed by atoms with E-state index in [-0.39, 0.29) is 11.7 Å². The van der Waals surface area contributed by atoms with Crippen LogP contribution in [0.2, 0.25) is 0 Å². The van der Waals surface area contributed by atoms with Crippen LogP contribution in [0.25, 0.3) is 0 Å². The molecule has 0 radical (unpaired) electrons. The van der Waals surface area contributed by atoms with E-state index in [1.165, 1.54) is 31.5 Å². The number of benzene rings is 2. The van der Waals surface area contributed by atoms with Crippen molar-refractivity contribution in [3.8, 4) is 5.75 Å². The number of ether oxygens (including phenoxy) is 1. The molecule has 0 bridgehead atoms. The number of carbonyl (C=O) groups excluding carboxylic acids is 1. The highest BCUT2D eigenvalue weighted by Gasteiger charge is 2.43. The molecule has 136 valence electrons. The maximum atomic E-state index is 12.7. The van der Waals surface area contributed by atoms with E-state index in [9.17, 15) is 4.79 Å². The maximum absolute atomic E-state index is 12.7. The first kappa shape index (κ1) is 17.3. The number of ketones is 1. The summed E-state index contributed by atoms with van der Waals surface area (Å²) in [5.74, 6) is 1.66. The molecule has 2 atom stereocenters. The Morgan fingerprint density at radius 1 is 1.00 bits per heavy atom. The second-order valence-corrected chi connectivity index (χ2v) is 7.50. The second-order valence-electron chi connectivity index (χ2n) is 7.50. The van der Waals surface area contributed by atoms with E-state index in [0.29, 0.717) is 5.92 Å². The van der Waals surface area contributed by atoms with Gasteiger partial charge in [0, 0.05) is 18.0 Å². The van der Waals surface area contributed by atoms with Gasteiger partial charge in [-0.15, -0.1) is 0 Å². The number of hydrogen-bond donors (Lipinski definition) is 0. The minimum atomic E-state index is 0.143. The molecule has 0 aromatic heterocycles. The van der Waals surface area contributed by atoms with Gasteiger partial charge in [0.05, 0.1) is 6.61 Å². The Labute approximate surface area is 156 Å². The largest absolute Gasteiger partial charge is 0.494 e. The average Bonchev–Trinajstić information content (AvgIpc) is 3.33. The van der Waals surface area contributed by atoms with Gasteiger partial charge in [-0.05, 0) is 74.5 Å². The third kappa shape index (κ3) is 4.16. The Hall–Kier alpha value is -2.13. The summed E-state index contributed by atoms with van der Waals surface area (Å²) in [6.07, 6.45) is 4.70. The van der Waals surface area contributed by atoms with Gasteiger partial charge in [0.2, 0.25) is 0 Å². The first-order chi connectivity index (χ1) is 12.8. The first-order valence-corrected chi connectivity index (χ1v) is 9.85. The average molecular weight is 349 g/mol. The Kier molecular flexibility index (Phi) is 5.35. The number of nitrogens with zero attached hydrogens (tertiary/aromatic N) is 1. The summed E-state index contributed by atoms with van der Waals surface area (Å²) in [7, 11) is 0. The third-order valence-electron chi connectivity index (χ3n) is 5.58.